The largest absolute Gasteiger partial charge is 0.419 e. The van der Waals surface area contributed by atoms with Gasteiger partial charge in [-0.1, -0.05) is 30.3 Å². The molecule has 2 N–H and O–H groups in total. The van der Waals surface area contributed by atoms with Crippen molar-refractivity contribution in [2.75, 3.05) is 40.3 Å². The van der Waals surface area contributed by atoms with Crippen LogP contribution in [0.3, 0.4) is 0 Å². The van der Waals surface area contributed by atoms with Gasteiger partial charge in [0.2, 0.25) is 0 Å². The maximum Gasteiger partial charge on any atom is 0.419 e. The van der Waals surface area contributed by atoms with E-state index in [0.29, 0.717) is 31.7 Å². The van der Waals surface area contributed by atoms with Crippen molar-refractivity contribution in [2.24, 2.45) is 0 Å². The van der Waals surface area contributed by atoms with Crippen LogP contribution in [0.15, 0.2) is 51.7 Å². The molecule has 36 heavy (non-hydrogen) atoms. The minimum atomic E-state index is -0.647. The zero-order valence-corrected chi connectivity index (χ0v) is 20.8. The van der Waals surface area contributed by atoms with Crippen LogP contribution in [0.25, 0.3) is 22.2 Å². The Hall–Kier alpha value is -3.45. The summed E-state index contributed by atoms with van der Waals surface area (Å²) in [5.41, 5.74) is 4.22. The van der Waals surface area contributed by atoms with Gasteiger partial charge >= 0.3 is 5.76 Å². The number of aromatic nitrogens is 1. The Bertz CT molecular complexity index is 1260. The highest BCUT2D eigenvalue weighted by atomic mass is 16.5. The quantitative estimate of drug-likeness (QED) is 0.496. The molecule has 1 saturated heterocycles. The molecule has 0 unspecified atom stereocenters. The second-order valence-corrected chi connectivity index (χ2v) is 9.37. The molecule has 2 heterocycles. The van der Waals surface area contributed by atoms with Crippen molar-refractivity contribution < 1.29 is 13.9 Å². The number of benzene rings is 2. The molecule has 1 aliphatic rings. The summed E-state index contributed by atoms with van der Waals surface area (Å²) < 4.78 is 12.7. The van der Waals surface area contributed by atoms with Crippen molar-refractivity contribution in [3.8, 4) is 17.2 Å². The summed E-state index contributed by atoms with van der Waals surface area (Å²) in [5, 5.41) is 15.6. The molecule has 1 fully saturated rings. The Morgan fingerprint density at radius 2 is 2.00 bits per heavy atom. The van der Waals surface area contributed by atoms with Gasteiger partial charge in [0.1, 0.15) is 12.1 Å². The molecule has 1 amide bonds. The lowest BCUT2D eigenvalue weighted by atomic mass is 10.0. The number of likely N-dealkylation sites (N-methyl/N-ethyl adjacent to an activating group) is 1. The number of hydrogen-bond donors (Lipinski definition) is 2. The van der Waals surface area contributed by atoms with E-state index < -0.39 is 12.1 Å². The maximum atomic E-state index is 12.6. The van der Waals surface area contributed by atoms with Crippen LogP contribution in [0, 0.1) is 11.3 Å². The van der Waals surface area contributed by atoms with Crippen molar-refractivity contribution in [3.05, 3.63) is 58.6 Å². The van der Waals surface area contributed by atoms with Crippen LogP contribution in [0.2, 0.25) is 0 Å². The summed E-state index contributed by atoms with van der Waals surface area (Å²) in [6, 6.07) is 15.1. The Kier molecular flexibility index (Phi) is 8.54. The van der Waals surface area contributed by atoms with Gasteiger partial charge in [-0.2, -0.15) is 5.26 Å². The molecular weight excluding hydrogens is 458 g/mol. The number of nitrogens with one attached hydrogen (secondary N) is 2. The minimum absolute atomic E-state index is 0.263. The molecule has 2 atom stereocenters. The van der Waals surface area contributed by atoms with Crippen LogP contribution in [-0.4, -0.2) is 67.9 Å². The van der Waals surface area contributed by atoms with Gasteiger partial charge in [0.25, 0.3) is 5.91 Å². The molecule has 1 aliphatic heterocycles. The molecule has 0 bridgehead atoms. The van der Waals surface area contributed by atoms with Crippen LogP contribution < -0.4 is 16.4 Å². The highest BCUT2D eigenvalue weighted by Crippen LogP contribution is 2.25. The van der Waals surface area contributed by atoms with Gasteiger partial charge in [-0.25, -0.2) is 4.79 Å². The van der Waals surface area contributed by atoms with E-state index in [1.807, 2.05) is 61.5 Å². The molecular formula is C27H33N5O4. The van der Waals surface area contributed by atoms with E-state index in [-0.39, 0.29) is 11.7 Å². The molecule has 1 aromatic heterocycles. The summed E-state index contributed by atoms with van der Waals surface area (Å²) >= 11 is 0. The van der Waals surface area contributed by atoms with E-state index >= 15 is 0 Å². The Balaban J connectivity index is 1.43. The Morgan fingerprint density at radius 3 is 2.75 bits per heavy atom. The highest BCUT2D eigenvalue weighted by Gasteiger charge is 2.23. The number of ether oxygens (including phenoxy) is 1. The lowest BCUT2D eigenvalue weighted by Gasteiger charge is -2.22. The van der Waals surface area contributed by atoms with Crippen LogP contribution in [-0.2, 0) is 22.5 Å². The van der Waals surface area contributed by atoms with Crippen LogP contribution in [0.5, 0.6) is 0 Å². The van der Waals surface area contributed by atoms with E-state index in [9.17, 15) is 14.9 Å². The number of fused-ring (bicyclic) bond motifs is 1. The van der Waals surface area contributed by atoms with Crippen molar-refractivity contribution in [3.63, 3.8) is 0 Å². The number of amides is 1. The van der Waals surface area contributed by atoms with E-state index in [1.54, 1.807) is 4.57 Å². The maximum absolute atomic E-state index is 12.6. The first kappa shape index (κ1) is 25.6. The minimum Gasteiger partial charge on any atom is -0.408 e. The van der Waals surface area contributed by atoms with Crippen molar-refractivity contribution >= 4 is 17.0 Å². The summed E-state index contributed by atoms with van der Waals surface area (Å²) in [4.78, 5) is 26.9. The fraction of sp³-hybridized carbons (Fsp3) is 0.444. The van der Waals surface area contributed by atoms with Crippen LogP contribution >= 0.6 is 0 Å². The number of carbonyl (C=O) groups is 1. The smallest absolute Gasteiger partial charge is 0.408 e. The van der Waals surface area contributed by atoms with E-state index in [4.69, 9.17) is 9.15 Å². The standard InChI is InChI=1S/C27H33N5O4/c1-31(2)12-13-32-23-16-21(9-10-24(23)36-27(32)34)20-7-5-19(6-8-20)15-22(17-28)30-26(33)25-18-29-11-3-4-14-35-25/h5-10,16,22,25,29H,3-4,11-15,18H2,1-2H3,(H,30,33)/t22-,25-/m0/s1. The number of oxazole rings is 1. The Morgan fingerprint density at radius 1 is 1.22 bits per heavy atom. The van der Waals surface area contributed by atoms with E-state index in [2.05, 4.69) is 16.7 Å². The van der Waals surface area contributed by atoms with Crippen molar-refractivity contribution in [1.29, 1.82) is 5.26 Å². The third kappa shape index (κ3) is 6.40. The van der Waals surface area contributed by atoms with Crippen LogP contribution in [0.1, 0.15) is 18.4 Å². The third-order valence-corrected chi connectivity index (χ3v) is 6.33. The molecule has 4 rings (SSSR count). The first-order chi connectivity index (χ1) is 17.4. The molecule has 3 aromatic rings. The summed E-state index contributed by atoms with van der Waals surface area (Å²) in [6.45, 7) is 3.14. The second kappa shape index (κ2) is 12.0. The summed E-state index contributed by atoms with van der Waals surface area (Å²) in [7, 11) is 3.93. The van der Waals surface area contributed by atoms with Gasteiger partial charge < -0.3 is 24.7 Å². The number of nitriles is 1. The molecule has 0 aliphatic carbocycles. The fourth-order valence-corrected chi connectivity index (χ4v) is 4.25. The first-order valence-electron chi connectivity index (χ1n) is 12.3. The predicted octanol–water partition coefficient (Wildman–Crippen LogP) is 2.14. The van der Waals surface area contributed by atoms with Gasteiger partial charge in [0, 0.05) is 32.7 Å². The van der Waals surface area contributed by atoms with Crippen molar-refractivity contribution in [1.82, 2.24) is 20.1 Å². The fourth-order valence-electron chi connectivity index (χ4n) is 4.25. The number of rotatable bonds is 8. The van der Waals surface area contributed by atoms with Gasteiger partial charge in [-0.3, -0.25) is 9.36 Å². The zero-order valence-electron chi connectivity index (χ0n) is 20.8. The normalized spacial score (nSPS) is 17.3. The molecule has 0 radical (unpaired) electrons. The van der Waals surface area contributed by atoms with E-state index in [0.717, 1.165) is 48.1 Å². The SMILES string of the molecule is CN(C)CCn1c(=O)oc2ccc(-c3ccc(C[C@@H](C#N)NC(=O)[C@@H]4CNCCCCO4)cc3)cc21. The van der Waals surface area contributed by atoms with Gasteiger partial charge in [0.05, 0.1) is 11.6 Å². The summed E-state index contributed by atoms with van der Waals surface area (Å²) in [5.74, 6) is -0.620. The highest BCUT2D eigenvalue weighted by molar-refractivity contribution is 5.82. The first-order valence-corrected chi connectivity index (χ1v) is 12.3. The Labute approximate surface area is 210 Å². The number of nitrogens with zero attached hydrogens (tertiary/aromatic N) is 3. The molecule has 190 valence electrons. The lowest BCUT2D eigenvalue weighted by molar-refractivity contribution is -0.133. The van der Waals surface area contributed by atoms with Crippen molar-refractivity contribution in [2.45, 2.75) is 38.0 Å². The number of hydrogen-bond acceptors (Lipinski definition) is 7. The number of carbonyl (C=O) groups excluding carboxylic acids is 1. The average molecular weight is 492 g/mol. The third-order valence-electron chi connectivity index (χ3n) is 6.33. The second-order valence-electron chi connectivity index (χ2n) is 9.37. The topological polar surface area (TPSA) is 113 Å². The van der Waals surface area contributed by atoms with Gasteiger partial charge in [-0.05, 0) is 62.3 Å². The lowest BCUT2D eigenvalue weighted by Crippen LogP contribution is -2.47. The van der Waals surface area contributed by atoms with Gasteiger partial charge in [-0.15, -0.1) is 0 Å². The molecule has 0 spiro atoms. The molecule has 2 aromatic carbocycles. The van der Waals surface area contributed by atoms with E-state index in [1.165, 1.54) is 0 Å². The monoisotopic (exact) mass is 491 g/mol. The molecule has 0 saturated carbocycles. The average Bonchev–Trinajstić information content (AvgIpc) is 3.16. The van der Waals surface area contributed by atoms with Gasteiger partial charge in [0.15, 0.2) is 5.58 Å². The predicted molar refractivity (Wildman–Crippen MR) is 138 cm³/mol. The molecule has 9 nitrogen and oxygen atoms in total. The summed E-state index contributed by atoms with van der Waals surface area (Å²) in [6.07, 6.45) is 1.74. The van der Waals surface area contributed by atoms with Crippen LogP contribution in [0.4, 0.5) is 0 Å². The molecule has 9 heteroatoms. The zero-order chi connectivity index (χ0) is 25.5.